The van der Waals surface area contributed by atoms with E-state index >= 15 is 0 Å². The maximum atomic E-state index is 12.3. The largest absolute Gasteiger partial charge is 0.480 e. The molecule has 0 spiro atoms. The van der Waals surface area contributed by atoms with Gasteiger partial charge in [-0.1, -0.05) is 37.3 Å². The normalized spacial score (nSPS) is 14.5. The van der Waals surface area contributed by atoms with Gasteiger partial charge in [-0.3, -0.25) is 4.79 Å². The van der Waals surface area contributed by atoms with E-state index in [-0.39, 0.29) is 24.7 Å². The van der Waals surface area contributed by atoms with Gasteiger partial charge >= 0.3 is 5.97 Å². The van der Waals surface area contributed by atoms with Gasteiger partial charge in [-0.15, -0.1) is 0 Å². The average molecular weight is 355 g/mol. The first-order valence-corrected chi connectivity index (χ1v) is 8.69. The minimum atomic E-state index is -1.08. The summed E-state index contributed by atoms with van der Waals surface area (Å²) < 4.78 is 0. The van der Waals surface area contributed by atoms with E-state index in [1.54, 1.807) is 0 Å². The quantitative estimate of drug-likeness (QED) is 0.634. The Morgan fingerprint density at radius 3 is 2.65 bits per heavy atom. The van der Waals surface area contributed by atoms with Gasteiger partial charge in [-0.05, 0) is 37.5 Å². The molecular weight excluding hydrogens is 330 g/mol. The van der Waals surface area contributed by atoms with E-state index in [9.17, 15) is 14.7 Å². The monoisotopic (exact) mass is 355 g/mol. The number of nitrogens with zero attached hydrogens (tertiary/aromatic N) is 1. The van der Waals surface area contributed by atoms with Crippen molar-refractivity contribution in [2.45, 2.75) is 39.7 Å². The van der Waals surface area contributed by atoms with Crippen LogP contribution < -0.4 is 5.32 Å². The lowest BCUT2D eigenvalue weighted by Gasteiger charge is -2.16. The first-order valence-electron chi connectivity index (χ1n) is 8.69. The maximum Gasteiger partial charge on any atom is 0.326 e. The molecule has 138 valence electrons. The number of amides is 1. The third-order valence-corrected chi connectivity index (χ3v) is 4.22. The van der Waals surface area contributed by atoms with Crippen LogP contribution in [-0.2, 0) is 16.0 Å². The Morgan fingerprint density at radius 2 is 2.04 bits per heavy atom. The molecule has 3 N–H and O–H groups in total. The number of carbonyl (C=O) groups excluding carboxylic acids is 1. The van der Waals surface area contributed by atoms with Crippen LogP contribution in [-0.4, -0.2) is 33.0 Å². The maximum absolute atomic E-state index is 12.3. The van der Waals surface area contributed by atoms with Gasteiger partial charge in [-0.25, -0.2) is 9.78 Å². The summed E-state index contributed by atoms with van der Waals surface area (Å²) in [5.41, 5.74) is 2.66. The smallest absolute Gasteiger partial charge is 0.326 e. The molecule has 2 atom stereocenters. The number of aliphatic carboxylic acids is 1. The molecule has 2 aromatic rings. The van der Waals surface area contributed by atoms with Crippen molar-refractivity contribution in [3.63, 3.8) is 0 Å². The van der Waals surface area contributed by atoms with E-state index < -0.39 is 12.0 Å². The fraction of sp³-hybridized carbons (Fsp3) is 0.350. The molecule has 1 aromatic heterocycles. The van der Waals surface area contributed by atoms with Gasteiger partial charge in [0.1, 0.15) is 11.9 Å². The van der Waals surface area contributed by atoms with Gasteiger partial charge in [0.15, 0.2) is 0 Å². The number of rotatable bonds is 8. The van der Waals surface area contributed by atoms with E-state index in [1.807, 2.05) is 63.3 Å². The molecule has 6 nitrogen and oxygen atoms in total. The molecule has 0 fully saturated rings. The molecule has 1 heterocycles. The summed E-state index contributed by atoms with van der Waals surface area (Å²) in [6, 6.07) is 6.46. The Bertz CT molecular complexity index is 803. The number of aromatic amines is 1. The van der Waals surface area contributed by atoms with Gasteiger partial charge in [-0.2, -0.15) is 0 Å². The number of aromatic nitrogens is 2. The van der Waals surface area contributed by atoms with E-state index in [4.69, 9.17) is 0 Å². The Morgan fingerprint density at radius 1 is 1.31 bits per heavy atom. The lowest BCUT2D eigenvalue weighted by atomic mass is 9.96. The topological polar surface area (TPSA) is 95.1 Å². The van der Waals surface area contributed by atoms with Gasteiger partial charge in [0, 0.05) is 12.8 Å². The second kappa shape index (κ2) is 8.99. The zero-order chi connectivity index (χ0) is 19.1. The highest BCUT2D eigenvalue weighted by molar-refractivity contribution is 5.84. The van der Waals surface area contributed by atoms with Crippen molar-refractivity contribution in [1.29, 1.82) is 0 Å². The first kappa shape index (κ1) is 19.4. The number of H-pyrrole nitrogens is 1. The van der Waals surface area contributed by atoms with Crippen LogP contribution in [0.25, 0.3) is 11.0 Å². The third kappa shape index (κ3) is 5.05. The molecule has 2 rings (SSSR count). The lowest BCUT2D eigenvalue weighted by Crippen LogP contribution is -2.43. The second-order valence-corrected chi connectivity index (χ2v) is 6.26. The van der Waals surface area contributed by atoms with Gasteiger partial charge in [0.05, 0.1) is 11.0 Å². The summed E-state index contributed by atoms with van der Waals surface area (Å²) in [5.74, 6) is -0.817. The number of benzene rings is 1. The van der Waals surface area contributed by atoms with Crippen LogP contribution in [0.15, 0.2) is 48.1 Å². The average Bonchev–Trinajstić information content (AvgIpc) is 3.01. The molecule has 6 heteroatoms. The number of carbonyl (C=O) groups is 2. The number of imidazole rings is 1. The lowest BCUT2D eigenvalue weighted by molar-refractivity contribution is -0.141. The number of carboxylic acids is 1. The van der Waals surface area contributed by atoms with Crippen molar-refractivity contribution < 1.29 is 14.7 Å². The van der Waals surface area contributed by atoms with Gasteiger partial charge in [0.25, 0.3) is 0 Å². The Labute approximate surface area is 153 Å². The Kier molecular flexibility index (Phi) is 6.72. The van der Waals surface area contributed by atoms with Crippen LogP contribution in [0.3, 0.4) is 0 Å². The van der Waals surface area contributed by atoms with Crippen molar-refractivity contribution in [2.75, 3.05) is 0 Å². The molecule has 1 aromatic carbocycles. The van der Waals surface area contributed by atoms with E-state index in [0.29, 0.717) is 5.82 Å². The SMILES string of the molecule is C/C=C\C(=C/C)C(C)CC(=O)NC(Cc1nc2ccccc2[nH]1)C(=O)O. The second-order valence-electron chi connectivity index (χ2n) is 6.26. The highest BCUT2D eigenvalue weighted by Gasteiger charge is 2.23. The minimum Gasteiger partial charge on any atom is -0.480 e. The number of allylic oxidation sites excluding steroid dienone is 4. The highest BCUT2D eigenvalue weighted by atomic mass is 16.4. The van der Waals surface area contributed by atoms with Crippen LogP contribution in [0.2, 0.25) is 0 Å². The molecule has 26 heavy (non-hydrogen) atoms. The molecule has 0 aliphatic heterocycles. The van der Waals surface area contributed by atoms with Crippen LogP contribution in [0.1, 0.15) is 33.0 Å². The molecule has 0 aliphatic carbocycles. The fourth-order valence-electron chi connectivity index (χ4n) is 2.88. The summed E-state index contributed by atoms with van der Waals surface area (Å²) >= 11 is 0. The van der Waals surface area contributed by atoms with E-state index in [1.165, 1.54) is 0 Å². The Balaban J connectivity index is 2.03. The predicted octanol–water partition coefficient (Wildman–Crippen LogP) is 3.22. The molecule has 0 aliphatic rings. The standard InChI is InChI=1S/C20H25N3O3/c1-4-8-14(5-2)13(3)11-19(24)23-17(20(25)26)12-18-21-15-9-6-7-10-16(15)22-18/h4-10,13,17H,11-12H2,1-3H3,(H,21,22)(H,23,24)(H,25,26)/b8-4-,14-5+. The number of para-hydroxylation sites is 2. The number of carboxylic acid groups (broad SMARTS) is 1. The molecule has 0 saturated carbocycles. The van der Waals surface area contributed by atoms with Crippen LogP contribution in [0.4, 0.5) is 0 Å². The van der Waals surface area contributed by atoms with Crippen LogP contribution in [0.5, 0.6) is 0 Å². The molecular formula is C20H25N3O3. The minimum absolute atomic E-state index is 0.0110. The number of fused-ring (bicyclic) bond motifs is 1. The summed E-state index contributed by atoms with van der Waals surface area (Å²) in [6.45, 7) is 5.79. The van der Waals surface area contributed by atoms with Gasteiger partial charge in [0.2, 0.25) is 5.91 Å². The van der Waals surface area contributed by atoms with Crippen molar-refractivity contribution >= 4 is 22.9 Å². The molecule has 0 saturated heterocycles. The van der Waals surface area contributed by atoms with Crippen LogP contribution in [0, 0.1) is 5.92 Å². The summed E-state index contributed by atoms with van der Waals surface area (Å²) in [5, 5.41) is 12.1. The summed E-state index contributed by atoms with van der Waals surface area (Å²) in [6.07, 6.45) is 6.18. The van der Waals surface area contributed by atoms with Crippen molar-refractivity contribution in [3.05, 3.63) is 53.9 Å². The van der Waals surface area contributed by atoms with Crippen molar-refractivity contribution in [2.24, 2.45) is 5.92 Å². The van der Waals surface area contributed by atoms with Crippen LogP contribution >= 0.6 is 0 Å². The summed E-state index contributed by atoms with van der Waals surface area (Å²) in [4.78, 5) is 31.3. The number of hydrogen-bond acceptors (Lipinski definition) is 3. The third-order valence-electron chi connectivity index (χ3n) is 4.22. The van der Waals surface area contributed by atoms with Crippen molar-refractivity contribution in [1.82, 2.24) is 15.3 Å². The molecule has 0 bridgehead atoms. The van der Waals surface area contributed by atoms with Crippen molar-refractivity contribution in [3.8, 4) is 0 Å². The van der Waals surface area contributed by atoms with Gasteiger partial charge < -0.3 is 15.4 Å². The van der Waals surface area contributed by atoms with E-state index in [2.05, 4.69) is 15.3 Å². The fourth-order valence-corrected chi connectivity index (χ4v) is 2.88. The molecule has 2 unspecified atom stereocenters. The zero-order valence-corrected chi connectivity index (χ0v) is 15.3. The number of nitrogens with one attached hydrogen (secondary N) is 2. The predicted molar refractivity (Wildman–Crippen MR) is 102 cm³/mol. The first-order chi connectivity index (χ1) is 12.4. The molecule has 1 amide bonds. The zero-order valence-electron chi connectivity index (χ0n) is 15.3. The highest BCUT2D eigenvalue weighted by Crippen LogP contribution is 2.16. The summed E-state index contributed by atoms with van der Waals surface area (Å²) in [7, 11) is 0. The Hall–Kier alpha value is -2.89. The number of hydrogen-bond donors (Lipinski definition) is 3. The molecule has 0 radical (unpaired) electrons. The van der Waals surface area contributed by atoms with E-state index in [0.717, 1.165) is 16.6 Å².